The van der Waals surface area contributed by atoms with Gasteiger partial charge in [0, 0.05) is 33.4 Å². The van der Waals surface area contributed by atoms with Gasteiger partial charge in [0.15, 0.2) is 23.3 Å². The molecule has 0 spiro atoms. The molecule has 5 heteroatoms. The lowest BCUT2D eigenvalue weighted by Gasteiger charge is -2.73. The summed E-state index contributed by atoms with van der Waals surface area (Å²) in [7, 11) is 0. The Balaban J connectivity index is 0.957. The van der Waals surface area contributed by atoms with Crippen LogP contribution in [0.15, 0.2) is 158 Å². The van der Waals surface area contributed by atoms with Crippen LogP contribution in [0.4, 0.5) is 0 Å². The maximum Gasteiger partial charge on any atom is 0.164 e. The van der Waals surface area contributed by atoms with Gasteiger partial charge in [0.05, 0.1) is 11.4 Å². The van der Waals surface area contributed by atoms with Crippen LogP contribution >= 0.6 is 0 Å². The highest BCUT2D eigenvalue weighted by Crippen LogP contribution is 2.75. The maximum atomic E-state index is 5.18. The first-order valence-corrected chi connectivity index (χ1v) is 18.7. The summed E-state index contributed by atoms with van der Waals surface area (Å²) in [5.41, 5.74) is 9.33. The van der Waals surface area contributed by atoms with Gasteiger partial charge in [-0.1, -0.05) is 140 Å². The Hall–Kier alpha value is -6.33. The number of hydrogen-bond acceptors (Lipinski definition) is 5. The average molecular weight is 682 g/mol. The summed E-state index contributed by atoms with van der Waals surface area (Å²) in [4.78, 5) is 25.0. The van der Waals surface area contributed by atoms with Gasteiger partial charge in [0.1, 0.15) is 0 Å². The zero-order valence-corrected chi connectivity index (χ0v) is 29.0. The third-order valence-corrected chi connectivity index (χ3v) is 12.0. The molecule has 2 heterocycles. The third kappa shape index (κ3) is 5.18. The summed E-state index contributed by atoms with van der Waals surface area (Å²) < 4.78 is 0. The fraction of sp³-hybridized carbons (Fsp3) is 0.146. The van der Waals surface area contributed by atoms with E-state index < -0.39 is 0 Å². The van der Waals surface area contributed by atoms with Crippen LogP contribution in [0.5, 0.6) is 0 Å². The molecule has 252 valence electrons. The van der Waals surface area contributed by atoms with Crippen LogP contribution in [0.1, 0.15) is 24.3 Å². The molecule has 11 rings (SSSR count). The molecule has 0 aliphatic heterocycles. The van der Waals surface area contributed by atoms with E-state index in [-0.39, 0.29) is 0 Å². The predicted octanol–water partition coefficient (Wildman–Crippen LogP) is 11.2. The molecule has 2 atom stereocenters. The molecule has 2 unspecified atom stereocenters. The van der Waals surface area contributed by atoms with Crippen molar-refractivity contribution >= 4 is 10.8 Å². The van der Waals surface area contributed by atoms with Gasteiger partial charge in [0.2, 0.25) is 0 Å². The van der Waals surface area contributed by atoms with E-state index in [0.29, 0.717) is 17.5 Å². The van der Waals surface area contributed by atoms with Gasteiger partial charge >= 0.3 is 0 Å². The van der Waals surface area contributed by atoms with Crippen LogP contribution < -0.4 is 0 Å². The standard InChI is InChI=1S/C48H35N5/c1-4-10-29(11-5-1)41-28-42(50-45(49-41)33-18-16-30(17-19-33)43-39-26-38-27-40(43)44(38)39)36-22-20-35-25-37(23-21-34(35)24-36)48-52-46(31-12-6-2-7-13-31)51-47(53-48)32-14-8-3-9-15-32/h1-25,28,38-40,43-44H,26-27H2. The normalized spacial score (nSPS) is 20.9. The van der Waals surface area contributed by atoms with Crippen molar-refractivity contribution < 1.29 is 0 Å². The van der Waals surface area contributed by atoms with Crippen LogP contribution in [0.2, 0.25) is 0 Å². The lowest BCUT2D eigenvalue weighted by molar-refractivity contribution is -0.214. The van der Waals surface area contributed by atoms with E-state index in [0.717, 1.165) is 91.0 Å². The zero-order valence-electron chi connectivity index (χ0n) is 29.0. The SMILES string of the molecule is c1ccc(-c2cc(-c3ccc4cc(-c5nc(-c6ccccc6)nc(-c6ccccc6)n5)ccc4c3)nc(-c3ccc(C4C5CC6CC4C65)cc3)n2)cc1. The minimum atomic E-state index is 0.643. The number of benzene rings is 6. The molecule has 0 saturated heterocycles. The van der Waals surface area contributed by atoms with Gasteiger partial charge in [-0.2, -0.15) is 0 Å². The molecular formula is C48H35N5. The molecule has 3 saturated carbocycles. The molecule has 0 N–H and O–H groups in total. The second-order valence-corrected chi connectivity index (χ2v) is 14.9. The largest absolute Gasteiger partial charge is 0.228 e. The fourth-order valence-electron chi connectivity index (χ4n) is 9.30. The van der Waals surface area contributed by atoms with E-state index in [1.165, 1.54) is 18.4 Å². The van der Waals surface area contributed by atoms with Crippen LogP contribution in [0.3, 0.4) is 0 Å². The molecule has 5 nitrogen and oxygen atoms in total. The molecule has 2 aromatic heterocycles. The van der Waals surface area contributed by atoms with Crippen LogP contribution in [-0.4, -0.2) is 24.9 Å². The van der Waals surface area contributed by atoms with Gasteiger partial charge in [-0.15, -0.1) is 0 Å². The predicted molar refractivity (Wildman–Crippen MR) is 211 cm³/mol. The van der Waals surface area contributed by atoms with E-state index in [4.69, 9.17) is 24.9 Å². The Morgan fingerprint density at radius 3 is 1.34 bits per heavy atom. The Morgan fingerprint density at radius 1 is 0.358 bits per heavy atom. The quantitative estimate of drug-likeness (QED) is 0.167. The number of hydrogen-bond donors (Lipinski definition) is 0. The molecule has 0 bridgehead atoms. The zero-order chi connectivity index (χ0) is 34.9. The van der Waals surface area contributed by atoms with Gasteiger partial charge in [0.25, 0.3) is 0 Å². The summed E-state index contributed by atoms with van der Waals surface area (Å²) in [6, 6.07) is 54.8. The van der Waals surface area contributed by atoms with Crippen LogP contribution in [0.25, 0.3) is 78.8 Å². The van der Waals surface area contributed by atoms with E-state index in [9.17, 15) is 0 Å². The maximum absolute atomic E-state index is 5.18. The molecule has 0 radical (unpaired) electrons. The van der Waals surface area contributed by atoms with Crippen molar-refractivity contribution in [3.05, 3.63) is 163 Å². The Bertz CT molecular complexity index is 2570. The topological polar surface area (TPSA) is 64.5 Å². The number of nitrogens with zero attached hydrogens (tertiary/aromatic N) is 5. The highest BCUT2D eigenvalue weighted by Gasteiger charge is 2.67. The first kappa shape index (κ1) is 30.3. The highest BCUT2D eigenvalue weighted by atomic mass is 15.0. The van der Waals surface area contributed by atoms with Crippen molar-refractivity contribution in [1.82, 2.24) is 24.9 Å². The van der Waals surface area contributed by atoms with Crippen LogP contribution in [-0.2, 0) is 0 Å². The fourth-order valence-corrected chi connectivity index (χ4v) is 9.30. The molecule has 3 aliphatic rings. The van der Waals surface area contributed by atoms with Crippen molar-refractivity contribution in [3.63, 3.8) is 0 Å². The minimum absolute atomic E-state index is 0.643. The average Bonchev–Trinajstić information content (AvgIpc) is 3.23. The lowest BCUT2D eigenvalue weighted by atomic mass is 9.31. The molecule has 53 heavy (non-hydrogen) atoms. The Kier molecular flexibility index (Phi) is 6.94. The monoisotopic (exact) mass is 681 g/mol. The van der Waals surface area contributed by atoms with E-state index in [1.807, 2.05) is 66.7 Å². The van der Waals surface area contributed by atoms with Gasteiger partial charge in [-0.25, -0.2) is 24.9 Å². The Labute approximate surface area is 308 Å². The second kappa shape index (κ2) is 12.1. The first-order chi connectivity index (χ1) is 26.2. The summed E-state index contributed by atoms with van der Waals surface area (Å²) in [6.45, 7) is 0. The van der Waals surface area contributed by atoms with Gasteiger partial charge in [-0.3, -0.25) is 0 Å². The van der Waals surface area contributed by atoms with Crippen molar-refractivity contribution in [2.45, 2.75) is 18.8 Å². The second-order valence-electron chi connectivity index (χ2n) is 14.9. The molecule has 0 amide bonds. The van der Waals surface area contributed by atoms with E-state index in [1.54, 1.807) is 0 Å². The van der Waals surface area contributed by atoms with Gasteiger partial charge < -0.3 is 0 Å². The lowest BCUT2D eigenvalue weighted by Crippen LogP contribution is -2.65. The third-order valence-electron chi connectivity index (χ3n) is 12.0. The number of fused-ring (bicyclic) bond motifs is 1. The molecule has 6 aromatic carbocycles. The smallest absolute Gasteiger partial charge is 0.164 e. The van der Waals surface area contributed by atoms with Crippen molar-refractivity contribution in [2.24, 2.45) is 23.7 Å². The van der Waals surface area contributed by atoms with Crippen molar-refractivity contribution in [1.29, 1.82) is 0 Å². The number of aromatic nitrogens is 5. The van der Waals surface area contributed by atoms with Gasteiger partial charge in [-0.05, 0) is 77.0 Å². The van der Waals surface area contributed by atoms with E-state index in [2.05, 4.69) is 91.0 Å². The first-order valence-electron chi connectivity index (χ1n) is 18.7. The molecule has 3 aliphatic carbocycles. The molecule has 8 aromatic rings. The minimum Gasteiger partial charge on any atom is -0.228 e. The summed E-state index contributed by atoms with van der Waals surface area (Å²) in [6.07, 6.45) is 2.88. The summed E-state index contributed by atoms with van der Waals surface area (Å²) >= 11 is 0. The van der Waals surface area contributed by atoms with E-state index >= 15 is 0 Å². The van der Waals surface area contributed by atoms with Crippen molar-refractivity contribution in [2.75, 3.05) is 0 Å². The highest BCUT2D eigenvalue weighted by molar-refractivity contribution is 5.90. The summed E-state index contributed by atoms with van der Waals surface area (Å²) in [5.74, 6) is 7.38. The number of rotatable bonds is 7. The summed E-state index contributed by atoms with van der Waals surface area (Å²) in [5, 5.41) is 2.22. The molecule has 3 fully saturated rings. The Morgan fingerprint density at radius 2 is 0.792 bits per heavy atom. The van der Waals surface area contributed by atoms with Crippen LogP contribution in [0, 0.1) is 23.7 Å². The van der Waals surface area contributed by atoms with Crippen molar-refractivity contribution in [3.8, 4) is 68.1 Å². The molecular weight excluding hydrogens is 647 g/mol.